The zero-order valence-corrected chi connectivity index (χ0v) is 23.8. The number of ether oxygens (including phenoxy) is 1. The molecule has 4 heterocycles. The molecule has 0 radical (unpaired) electrons. The molecule has 1 aromatic carbocycles. The number of nitrogens with zero attached hydrogens (tertiary/aromatic N) is 5. The summed E-state index contributed by atoms with van der Waals surface area (Å²) >= 11 is 2.58. The third kappa shape index (κ3) is 6.28. The highest BCUT2D eigenvalue weighted by Gasteiger charge is 2.31. The third-order valence-electron chi connectivity index (χ3n) is 6.11. The van der Waals surface area contributed by atoms with Gasteiger partial charge in [0.2, 0.25) is 0 Å². The molecular formula is C25H26N6O6S3. The number of anilines is 2. The van der Waals surface area contributed by atoms with Crippen molar-refractivity contribution in [3.63, 3.8) is 0 Å². The van der Waals surface area contributed by atoms with E-state index in [0.717, 1.165) is 0 Å². The van der Waals surface area contributed by atoms with E-state index < -0.39 is 21.0 Å². The molecule has 2 N–H and O–H groups in total. The number of thiazole rings is 2. The Labute approximate surface area is 238 Å². The number of sulfone groups is 1. The number of carbonyl (C=O) groups excluding carboxylic acids is 1. The fourth-order valence-corrected chi connectivity index (χ4v) is 6.88. The van der Waals surface area contributed by atoms with Gasteiger partial charge in [-0.1, -0.05) is 28.6 Å². The first-order valence-corrected chi connectivity index (χ1v) is 15.5. The summed E-state index contributed by atoms with van der Waals surface area (Å²) in [6.07, 6.45) is 2.09. The summed E-state index contributed by atoms with van der Waals surface area (Å²) < 4.78 is 31.1. The van der Waals surface area contributed by atoms with Crippen LogP contribution < -0.4 is 10.2 Å². The minimum Gasteiger partial charge on any atom is -0.395 e. The van der Waals surface area contributed by atoms with Gasteiger partial charge in [-0.15, -0.1) is 11.3 Å². The second kappa shape index (κ2) is 12.3. The van der Waals surface area contributed by atoms with Gasteiger partial charge in [0.05, 0.1) is 23.4 Å². The van der Waals surface area contributed by atoms with Crippen LogP contribution in [0.5, 0.6) is 0 Å². The molecule has 210 valence electrons. The van der Waals surface area contributed by atoms with Gasteiger partial charge in [-0.2, -0.15) is 0 Å². The summed E-state index contributed by atoms with van der Waals surface area (Å²) in [4.78, 5) is 34.5. The normalized spacial score (nSPS) is 15.8. The Morgan fingerprint density at radius 1 is 1.25 bits per heavy atom. The van der Waals surface area contributed by atoms with Gasteiger partial charge in [0.25, 0.3) is 5.91 Å². The van der Waals surface area contributed by atoms with E-state index in [9.17, 15) is 18.3 Å². The van der Waals surface area contributed by atoms with Crippen LogP contribution in [0.4, 0.5) is 10.9 Å². The Balaban J connectivity index is 1.38. The summed E-state index contributed by atoms with van der Waals surface area (Å²) in [5.74, 6) is 0.0794. The molecule has 1 fully saturated rings. The number of aromatic nitrogens is 3. The smallest absolute Gasteiger partial charge is 0.280 e. The van der Waals surface area contributed by atoms with Gasteiger partial charge in [0, 0.05) is 37.3 Å². The number of fused-ring (bicyclic) bond motifs is 1. The Morgan fingerprint density at radius 3 is 2.77 bits per heavy atom. The first-order valence-electron chi connectivity index (χ1n) is 12.3. The number of hydrogen-bond acceptors (Lipinski definition) is 13. The molecule has 0 saturated carbocycles. The van der Waals surface area contributed by atoms with Crippen LogP contribution >= 0.6 is 22.7 Å². The molecule has 1 aliphatic heterocycles. The number of pyridine rings is 1. The molecule has 3 aromatic heterocycles. The Kier molecular flexibility index (Phi) is 8.66. The molecule has 0 aliphatic carbocycles. The SMILES string of the molecule is CN(CCO)c1ccc2nc(NC(=O)/C(=N/OCc3nccs3)c3ccc(S(=O)(=O)[C@H]4CCOC4)cc3)sc2n1. The number of rotatable bonds is 11. The van der Waals surface area contributed by atoms with Gasteiger partial charge < -0.3 is 19.6 Å². The summed E-state index contributed by atoms with van der Waals surface area (Å²) in [6.45, 7) is 1.07. The van der Waals surface area contributed by atoms with Crippen LogP contribution in [0.1, 0.15) is 17.0 Å². The molecule has 5 rings (SSSR count). The van der Waals surface area contributed by atoms with Crippen molar-refractivity contribution >= 4 is 65.4 Å². The molecule has 0 spiro atoms. The fraction of sp³-hybridized carbons (Fsp3) is 0.320. The number of carbonyl (C=O) groups is 1. The number of amides is 1. The Bertz CT molecular complexity index is 1600. The number of nitrogens with one attached hydrogen (secondary N) is 1. The molecule has 0 unspecified atom stereocenters. The average Bonchev–Trinajstić information content (AvgIpc) is 3.73. The molecule has 12 nitrogen and oxygen atoms in total. The van der Waals surface area contributed by atoms with E-state index in [1.54, 1.807) is 23.7 Å². The van der Waals surface area contributed by atoms with Crippen molar-refractivity contribution in [2.24, 2.45) is 5.16 Å². The van der Waals surface area contributed by atoms with Crippen LogP contribution in [0, 0.1) is 0 Å². The van der Waals surface area contributed by atoms with Gasteiger partial charge in [-0.05, 0) is 30.7 Å². The monoisotopic (exact) mass is 602 g/mol. The van der Waals surface area contributed by atoms with Crippen molar-refractivity contribution in [3.05, 3.63) is 58.5 Å². The number of hydrogen-bond donors (Lipinski definition) is 2. The molecule has 40 heavy (non-hydrogen) atoms. The zero-order valence-electron chi connectivity index (χ0n) is 21.4. The molecule has 0 bridgehead atoms. The first-order chi connectivity index (χ1) is 19.3. The highest BCUT2D eigenvalue weighted by Crippen LogP contribution is 2.27. The molecule has 1 atom stereocenters. The van der Waals surface area contributed by atoms with Gasteiger partial charge in [-0.25, -0.2) is 23.4 Å². The van der Waals surface area contributed by atoms with Gasteiger partial charge in [-0.3, -0.25) is 10.1 Å². The van der Waals surface area contributed by atoms with Crippen LogP contribution in [0.15, 0.2) is 58.0 Å². The lowest BCUT2D eigenvalue weighted by Gasteiger charge is -2.15. The number of likely N-dealkylation sites (N-methyl/N-ethyl adjacent to an activating group) is 1. The lowest BCUT2D eigenvalue weighted by molar-refractivity contribution is -0.110. The van der Waals surface area contributed by atoms with Crippen LogP contribution in [0.25, 0.3) is 10.3 Å². The van der Waals surface area contributed by atoms with Crippen LogP contribution in [-0.2, 0) is 30.8 Å². The fourth-order valence-electron chi connectivity index (χ4n) is 3.95. The van der Waals surface area contributed by atoms with Crippen molar-refractivity contribution in [2.75, 3.05) is 43.6 Å². The zero-order chi connectivity index (χ0) is 28.1. The Morgan fingerprint density at radius 2 is 2.08 bits per heavy atom. The Hall–Kier alpha value is -3.50. The number of aliphatic hydroxyl groups excluding tert-OH is 1. The lowest BCUT2D eigenvalue weighted by Crippen LogP contribution is -2.25. The number of oxime groups is 1. The molecule has 4 aromatic rings. The van der Waals surface area contributed by atoms with Crippen LogP contribution in [-0.4, -0.2) is 78.8 Å². The average molecular weight is 603 g/mol. The van der Waals surface area contributed by atoms with E-state index in [1.165, 1.54) is 46.9 Å². The molecular weight excluding hydrogens is 577 g/mol. The van der Waals surface area contributed by atoms with Crippen molar-refractivity contribution in [2.45, 2.75) is 23.2 Å². The second-order valence-corrected chi connectivity index (χ2v) is 13.0. The number of benzene rings is 1. The minimum atomic E-state index is -3.56. The topological polar surface area (TPSA) is 156 Å². The summed E-state index contributed by atoms with van der Waals surface area (Å²) in [5.41, 5.74) is 0.913. The van der Waals surface area contributed by atoms with Crippen LogP contribution in [0.3, 0.4) is 0 Å². The molecule has 15 heteroatoms. The van der Waals surface area contributed by atoms with Gasteiger partial charge in [0.15, 0.2) is 27.3 Å². The minimum absolute atomic E-state index is 0.00511. The quantitative estimate of drug-likeness (QED) is 0.193. The maximum atomic E-state index is 13.4. The van der Waals surface area contributed by atoms with E-state index >= 15 is 0 Å². The standard InChI is InChI=1S/C25H26N6O6S3/c1-31(10-11-32)20-7-6-19-24(28-20)39-25(27-19)29-23(33)22(30-37-15-21-26-9-13-38-21)16-2-4-17(5-3-16)40(34,35)18-8-12-36-14-18/h2-7,9,13,18,32H,8,10-12,14-15H2,1H3,(H,27,29,33)/b30-22+/t18-/m0/s1. The number of aliphatic hydroxyl groups is 1. The predicted octanol–water partition coefficient (Wildman–Crippen LogP) is 2.70. The summed E-state index contributed by atoms with van der Waals surface area (Å²) in [6, 6.07) is 9.54. The maximum Gasteiger partial charge on any atom is 0.280 e. The molecule has 1 saturated heterocycles. The predicted molar refractivity (Wildman–Crippen MR) is 153 cm³/mol. The van der Waals surface area contributed by atoms with E-state index in [-0.39, 0.29) is 30.4 Å². The van der Waals surface area contributed by atoms with Gasteiger partial charge in [0.1, 0.15) is 21.2 Å². The summed E-state index contributed by atoms with van der Waals surface area (Å²) in [5, 5.41) is 18.2. The first kappa shape index (κ1) is 28.0. The van der Waals surface area contributed by atoms with Crippen molar-refractivity contribution in [3.8, 4) is 0 Å². The van der Waals surface area contributed by atoms with Crippen LogP contribution in [0.2, 0.25) is 0 Å². The van der Waals surface area contributed by atoms with E-state index in [1.807, 2.05) is 11.9 Å². The van der Waals surface area contributed by atoms with E-state index in [4.69, 9.17) is 9.57 Å². The van der Waals surface area contributed by atoms with E-state index in [0.29, 0.717) is 51.4 Å². The van der Waals surface area contributed by atoms with Crippen molar-refractivity contribution in [1.29, 1.82) is 0 Å². The summed E-state index contributed by atoms with van der Waals surface area (Å²) in [7, 11) is -1.74. The highest BCUT2D eigenvalue weighted by atomic mass is 32.2. The van der Waals surface area contributed by atoms with Gasteiger partial charge >= 0.3 is 0 Å². The largest absolute Gasteiger partial charge is 0.395 e. The van der Waals surface area contributed by atoms with Crippen molar-refractivity contribution < 1.29 is 27.9 Å². The molecule has 1 amide bonds. The highest BCUT2D eigenvalue weighted by molar-refractivity contribution is 7.92. The lowest BCUT2D eigenvalue weighted by atomic mass is 10.1. The molecule has 1 aliphatic rings. The van der Waals surface area contributed by atoms with Crippen molar-refractivity contribution in [1.82, 2.24) is 15.0 Å². The maximum absolute atomic E-state index is 13.4. The second-order valence-electron chi connectivity index (χ2n) is 8.81. The third-order valence-corrected chi connectivity index (χ3v) is 9.93. The van der Waals surface area contributed by atoms with E-state index in [2.05, 4.69) is 25.4 Å².